The van der Waals surface area contributed by atoms with Gasteiger partial charge in [-0.3, -0.25) is 14.4 Å². The molecule has 0 saturated heterocycles. The van der Waals surface area contributed by atoms with Crippen molar-refractivity contribution >= 4 is 17.5 Å². The van der Waals surface area contributed by atoms with E-state index in [-0.39, 0.29) is 57.6 Å². The third-order valence-corrected chi connectivity index (χ3v) is 11.9. The Morgan fingerprint density at radius 1 is 1.03 bits per heavy atom. The maximum atomic E-state index is 14.1. The second-order valence-electron chi connectivity index (χ2n) is 14.3. The minimum absolute atomic E-state index is 0.00629. The number of nitrogens with one attached hydrogen (secondary N) is 1. The number of hydrogen-bond acceptors (Lipinski definition) is 4. The highest BCUT2D eigenvalue weighted by Gasteiger charge is 2.67. The number of fused-ring (bicyclic) bond motifs is 7. The van der Waals surface area contributed by atoms with Crippen LogP contribution in [0.25, 0.3) is 0 Å². The van der Waals surface area contributed by atoms with Crippen LogP contribution in [-0.4, -0.2) is 29.2 Å². The molecule has 208 valence electrons. The fourth-order valence-corrected chi connectivity index (χ4v) is 10.0. The zero-order valence-electron chi connectivity index (χ0n) is 23.0. The highest BCUT2D eigenvalue weighted by atomic mass is 19.4. The summed E-state index contributed by atoms with van der Waals surface area (Å²) in [6.07, 6.45) is 1.58. The van der Waals surface area contributed by atoms with E-state index in [1.165, 1.54) is 0 Å². The second kappa shape index (κ2) is 8.41. The van der Waals surface area contributed by atoms with Crippen LogP contribution < -0.4 is 5.32 Å². The Kier molecular flexibility index (Phi) is 6.07. The molecule has 38 heavy (non-hydrogen) atoms. The van der Waals surface area contributed by atoms with Gasteiger partial charge in [-0.25, -0.2) is 0 Å². The number of alkyl halides is 3. The Balaban J connectivity index is 1.55. The van der Waals surface area contributed by atoms with Crippen LogP contribution in [0, 0.1) is 63.1 Å². The Labute approximate surface area is 223 Å². The molecule has 0 aromatic heterocycles. The van der Waals surface area contributed by atoms with Crippen LogP contribution >= 0.6 is 0 Å². The monoisotopic (exact) mass is 532 g/mol. The topological polar surface area (TPSA) is 87.0 Å². The standard InChI is InChI=1S/C30H39F3N2O3/c1-16-18-6-8-27(4)19-7-9-29(35-25(38)30(31,32)33)11-10-26(2,3)14-20(29)23(19)21(36)12-22(27)28(18,5)13-17(15-34)24(16)37/h13,16,18-20,22-23H,6-12,14H2,1-5H3,(H,35,38). The molecule has 4 saturated carbocycles. The third kappa shape index (κ3) is 3.81. The number of carbonyl (C=O) groups excluding carboxylic acids is 3. The molecule has 1 amide bonds. The first kappa shape index (κ1) is 27.4. The van der Waals surface area contributed by atoms with Gasteiger partial charge in [0.05, 0.1) is 5.57 Å². The summed E-state index contributed by atoms with van der Waals surface area (Å²) >= 11 is 0. The van der Waals surface area contributed by atoms with E-state index >= 15 is 0 Å². The molecule has 0 aromatic carbocycles. The lowest BCUT2D eigenvalue weighted by Crippen LogP contribution is -2.69. The van der Waals surface area contributed by atoms with Crippen molar-refractivity contribution in [1.82, 2.24) is 5.32 Å². The van der Waals surface area contributed by atoms with E-state index in [0.717, 1.165) is 12.8 Å². The van der Waals surface area contributed by atoms with Gasteiger partial charge in [0.2, 0.25) is 0 Å². The van der Waals surface area contributed by atoms with Crippen molar-refractivity contribution in [2.75, 3.05) is 0 Å². The zero-order chi connectivity index (χ0) is 28.1. The maximum Gasteiger partial charge on any atom is 0.471 e. The average Bonchev–Trinajstić information content (AvgIpc) is 2.82. The van der Waals surface area contributed by atoms with Gasteiger partial charge in [0.1, 0.15) is 11.9 Å². The van der Waals surface area contributed by atoms with Crippen molar-refractivity contribution in [3.8, 4) is 6.07 Å². The van der Waals surface area contributed by atoms with Gasteiger partial charge in [-0.2, -0.15) is 18.4 Å². The maximum absolute atomic E-state index is 14.1. The Hall–Kier alpha value is -2.17. The van der Waals surface area contributed by atoms with Gasteiger partial charge < -0.3 is 5.32 Å². The molecule has 0 spiro atoms. The predicted molar refractivity (Wildman–Crippen MR) is 134 cm³/mol. The van der Waals surface area contributed by atoms with Gasteiger partial charge in [-0.05, 0) is 84.9 Å². The number of ketones is 2. The Bertz CT molecular complexity index is 1150. The third-order valence-electron chi connectivity index (χ3n) is 11.9. The lowest BCUT2D eigenvalue weighted by Gasteiger charge is -2.67. The highest BCUT2D eigenvalue weighted by molar-refractivity contribution is 6.01. The summed E-state index contributed by atoms with van der Waals surface area (Å²) in [5.41, 5.74) is -1.70. The van der Waals surface area contributed by atoms with Crippen LogP contribution in [0.15, 0.2) is 11.6 Å². The van der Waals surface area contributed by atoms with Gasteiger partial charge in [0.25, 0.3) is 0 Å². The number of halogens is 3. The van der Waals surface area contributed by atoms with Gasteiger partial charge in [-0.15, -0.1) is 0 Å². The van der Waals surface area contributed by atoms with Gasteiger partial charge in [0.15, 0.2) is 5.78 Å². The molecule has 4 fully saturated rings. The van der Waals surface area contributed by atoms with Crippen molar-refractivity contribution in [1.29, 1.82) is 5.26 Å². The minimum Gasteiger partial charge on any atom is -0.343 e. The smallest absolute Gasteiger partial charge is 0.343 e. The molecule has 0 radical (unpaired) electrons. The molecule has 0 bridgehead atoms. The van der Waals surface area contributed by atoms with Crippen LogP contribution in [0.1, 0.15) is 86.0 Å². The van der Waals surface area contributed by atoms with Crippen LogP contribution in [-0.2, 0) is 14.4 Å². The molecular weight excluding hydrogens is 493 g/mol. The average molecular weight is 533 g/mol. The first-order valence-corrected chi connectivity index (χ1v) is 14.1. The van der Waals surface area contributed by atoms with E-state index in [1.807, 2.05) is 13.0 Å². The Morgan fingerprint density at radius 3 is 2.32 bits per heavy atom. The number of rotatable bonds is 1. The molecule has 0 aromatic rings. The molecule has 0 heterocycles. The van der Waals surface area contributed by atoms with Crippen molar-refractivity contribution in [3.63, 3.8) is 0 Å². The highest BCUT2D eigenvalue weighted by Crippen LogP contribution is 2.69. The van der Waals surface area contributed by atoms with E-state index in [0.29, 0.717) is 38.5 Å². The summed E-state index contributed by atoms with van der Waals surface area (Å²) < 4.78 is 40.2. The van der Waals surface area contributed by atoms with E-state index in [4.69, 9.17) is 0 Å². The lowest BCUT2D eigenvalue weighted by molar-refractivity contribution is -0.189. The van der Waals surface area contributed by atoms with Gasteiger partial charge in [-0.1, -0.05) is 40.7 Å². The van der Waals surface area contributed by atoms with Crippen molar-refractivity contribution in [2.45, 2.75) is 97.7 Å². The van der Waals surface area contributed by atoms with Gasteiger partial charge >= 0.3 is 12.1 Å². The molecule has 5 aliphatic rings. The molecule has 5 nitrogen and oxygen atoms in total. The van der Waals surface area contributed by atoms with Crippen LogP contribution in [0.4, 0.5) is 13.2 Å². The van der Waals surface area contributed by atoms with Crippen molar-refractivity contribution < 1.29 is 27.6 Å². The Morgan fingerprint density at radius 2 is 1.68 bits per heavy atom. The molecular formula is C30H39F3N2O3. The van der Waals surface area contributed by atoms with E-state index < -0.39 is 29.0 Å². The first-order valence-electron chi connectivity index (χ1n) is 14.1. The molecule has 8 heteroatoms. The fourth-order valence-electron chi connectivity index (χ4n) is 10.0. The summed E-state index contributed by atoms with van der Waals surface area (Å²) in [7, 11) is 0. The summed E-state index contributed by atoms with van der Waals surface area (Å²) in [5.74, 6) is -2.98. The number of carbonyl (C=O) groups is 3. The number of Topliss-reactive ketones (excluding diaryl/α,β-unsaturated/α-hetero) is 2. The lowest BCUT2D eigenvalue weighted by atomic mass is 9.37. The second-order valence-corrected chi connectivity index (χ2v) is 14.3. The molecule has 9 atom stereocenters. The van der Waals surface area contributed by atoms with Crippen LogP contribution in [0.3, 0.4) is 0 Å². The first-order chi connectivity index (χ1) is 17.5. The quantitative estimate of drug-likeness (QED) is 0.453. The number of nitriles is 1. The number of amides is 1. The largest absolute Gasteiger partial charge is 0.471 e. The summed E-state index contributed by atoms with van der Waals surface area (Å²) in [4.78, 5) is 39.2. The van der Waals surface area contributed by atoms with E-state index in [1.54, 1.807) is 0 Å². The van der Waals surface area contributed by atoms with E-state index in [9.17, 15) is 32.8 Å². The molecule has 9 unspecified atom stereocenters. The van der Waals surface area contributed by atoms with Crippen molar-refractivity contribution in [2.24, 2.45) is 51.8 Å². The number of nitrogens with zero attached hydrogens (tertiary/aromatic N) is 1. The molecule has 1 N–H and O–H groups in total. The van der Waals surface area contributed by atoms with Crippen LogP contribution in [0.5, 0.6) is 0 Å². The fraction of sp³-hybridized carbons (Fsp3) is 0.800. The molecule has 5 aliphatic carbocycles. The summed E-state index contributed by atoms with van der Waals surface area (Å²) in [6.45, 7) is 10.4. The SMILES string of the molecule is CC1C(=O)C(C#N)=CC2(C)C1CCC1(C)C3CCC4(NC(=O)C(F)(F)F)CCC(C)(C)CC4C3C(=O)CC21. The predicted octanol–water partition coefficient (Wildman–Crippen LogP) is 5.94. The number of hydrogen-bond donors (Lipinski definition) is 1. The van der Waals surface area contributed by atoms with Gasteiger partial charge in [0, 0.05) is 23.8 Å². The zero-order valence-corrected chi connectivity index (χ0v) is 23.0. The number of allylic oxidation sites excluding steroid dienone is 2. The van der Waals surface area contributed by atoms with Crippen molar-refractivity contribution in [3.05, 3.63) is 11.6 Å². The summed E-state index contributed by atoms with van der Waals surface area (Å²) in [6, 6.07) is 2.09. The molecule has 5 rings (SSSR count). The van der Waals surface area contributed by atoms with E-state index in [2.05, 4.69) is 39.1 Å². The summed E-state index contributed by atoms with van der Waals surface area (Å²) in [5, 5.41) is 12.1. The minimum atomic E-state index is -4.97. The van der Waals surface area contributed by atoms with Crippen LogP contribution in [0.2, 0.25) is 0 Å². The molecule has 0 aliphatic heterocycles. The normalized spacial score (nSPS) is 45.9.